The van der Waals surface area contributed by atoms with Crippen LogP contribution in [0, 0.1) is 0 Å². The Bertz CT molecular complexity index is 911. The monoisotopic (exact) mass is 342 g/mol. The molecule has 0 aliphatic carbocycles. The number of hydrogen-bond acceptors (Lipinski definition) is 6. The molecule has 1 heterocycles. The number of benzene rings is 2. The lowest BCUT2D eigenvalue weighted by Gasteiger charge is -2.14. The van der Waals surface area contributed by atoms with Gasteiger partial charge in [0.15, 0.2) is 11.5 Å². The third-order valence-electron chi connectivity index (χ3n) is 3.67. The molecule has 8 heteroatoms. The number of fused-ring (bicyclic) bond motifs is 1. The highest BCUT2D eigenvalue weighted by Crippen LogP contribution is 2.38. The maximum absolute atomic E-state index is 12.6. The fraction of sp³-hybridized carbons (Fsp3) is 0.235. The molecule has 3 aromatic rings. The van der Waals surface area contributed by atoms with E-state index in [0.29, 0.717) is 34.0 Å². The van der Waals surface area contributed by atoms with Crippen LogP contribution in [0.2, 0.25) is 0 Å². The first-order chi connectivity index (χ1) is 12.0. The molecule has 25 heavy (non-hydrogen) atoms. The average Bonchev–Trinajstić information content (AvgIpc) is 2.99. The SMILES string of the molecule is COc1cc(C(=O)Nc2ccc3nn(C)nc3c2)cc(OC)c1OC. The van der Waals surface area contributed by atoms with Crippen molar-refractivity contribution < 1.29 is 19.0 Å². The quantitative estimate of drug-likeness (QED) is 0.765. The van der Waals surface area contributed by atoms with Crippen LogP contribution < -0.4 is 19.5 Å². The molecular weight excluding hydrogens is 324 g/mol. The number of carbonyl (C=O) groups excluding carboxylic acids is 1. The Morgan fingerprint density at radius 3 is 2.20 bits per heavy atom. The van der Waals surface area contributed by atoms with Crippen molar-refractivity contribution in [2.24, 2.45) is 7.05 Å². The number of carbonyl (C=O) groups is 1. The number of methoxy groups -OCH3 is 3. The van der Waals surface area contributed by atoms with E-state index in [-0.39, 0.29) is 5.91 Å². The van der Waals surface area contributed by atoms with Crippen molar-refractivity contribution in [3.63, 3.8) is 0 Å². The van der Waals surface area contributed by atoms with Crippen LogP contribution in [0.1, 0.15) is 10.4 Å². The molecule has 0 saturated heterocycles. The summed E-state index contributed by atoms with van der Waals surface area (Å²) in [7, 11) is 6.26. The first-order valence-electron chi connectivity index (χ1n) is 7.48. The van der Waals surface area contributed by atoms with E-state index >= 15 is 0 Å². The van der Waals surface area contributed by atoms with Crippen LogP contribution in [0.25, 0.3) is 11.0 Å². The molecule has 1 aromatic heterocycles. The Kier molecular flexibility index (Phi) is 4.42. The second-order valence-corrected chi connectivity index (χ2v) is 5.26. The highest BCUT2D eigenvalue weighted by Gasteiger charge is 2.17. The third-order valence-corrected chi connectivity index (χ3v) is 3.67. The summed E-state index contributed by atoms with van der Waals surface area (Å²) in [6, 6.07) is 8.52. The van der Waals surface area contributed by atoms with Gasteiger partial charge < -0.3 is 19.5 Å². The Hall–Kier alpha value is -3.29. The number of anilines is 1. The summed E-state index contributed by atoms with van der Waals surface area (Å²) in [4.78, 5) is 14.1. The summed E-state index contributed by atoms with van der Waals surface area (Å²) in [6.45, 7) is 0. The number of nitrogens with one attached hydrogen (secondary N) is 1. The molecule has 0 spiro atoms. The number of aryl methyl sites for hydroxylation is 1. The second-order valence-electron chi connectivity index (χ2n) is 5.26. The molecule has 1 amide bonds. The van der Waals surface area contributed by atoms with Crippen LogP contribution in [-0.2, 0) is 7.05 Å². The molecule has 1 N–H and O–H groups in total. The van der Waals surface area contributed by atoms with Crippen LogP contribution in [0.15, 0.2) is 30.3 Å². The number of nitrogens with zero attached hydrogens (tertiary/aromatic N) is 3. The fourth-order valence-corrected chi connectivity index (χ4v) is 2.52. The summed E-state index contributed by atoms with van der Waals surface area (Å²) >= 11 is 0. The van der Waals surface area contributed by atoms with Gasteiger partial charge in [0.05, 0.1) is 21.3 Å². The van der Waals surface area contributed by atoms with E-state index in [1.54, 1.807) is 37.4 Å². The first-order valence-corrected chi connectivity index (χ1v) is 7.48. The van der Waals surface area contributed by atoms with Gasteiger partial charge in [-0.05, 0) is 30.3 Å². The number of ether oxygens (including phenoxy) is 3. The molecule has 0 fully saturated rings. The van der Waals surface area contributed by atoms with E-state index in [0.717, 1.165) is 5.52 Å². The fourth-order valence-electron chi connectivity index (χ4n) is 2.52. The molecule has 0 bridgehead atoms. The minimum Gasteiger partial charge on any atom is -0.493 e. The predicted octanol–water partition coefficient (Wildman–Crippen LogP) is 2.25. The molecule has 0 unspecified atom stereocenters. The minimum atomic E-state index is -0.303. The van der Waals surface area contributed by atoms with E-state index in [1.807, 2.05) is 0 Å². The Labute approximate surface area is 144 Å². The van der Waals surface area contributed by atoms with Crippen molar-refractivity contribution in [3.05, 3.63) is 35.9 Å². The van der Waals surface area contributed by atoms with E-state index < -0.39 is 0 Å². The zero-order chi connectivity index (χ0) is 18.0. The molecular formula is C17H18N4O4. The summed E-state index contributed by atoms with van der Waals surface area (Å²) in [5, 5.41) is 11.3. The van der Waals surface area contributed by atoms with Crippen LogP contribution in [-0.4, -0.2) is 42.2 Å². The summed E-state index contributed by atoms with van der Waals surface area (Å²) in [6.07, 6.45) is 0. The van der Waals surface area contributed by atoms with Gasteiger partial charge in [0.1, 0.15) is 11.0 Å². The molecule has 2 aromatic carbocycles. The van der Waals surface area contributed by atoms with Gasteiger partial charge in [-0.3, -0.25) is 4.79 Å². The van der Waals surface area contributed by atoms with Crippen molar-refractivity contribution in [3.8, 4) is 17.2 Å². The first kappa shape index (κ1) is 16.6. The summed E-state index contributed by atoms with van der Waals surface area (Å²) in [5.74, 6) is 0.956. The molecule has 0 aliphatic heterocycles. The normalized spacial score (nSPS) is 10.6. The van der Waals surface area contributed by atoms with Crippen LogP contribution in [0.5, 0.6) is 17.2 Å². The standard InChI is InChI=1S/C17H18N4O4/c1-21-19-12-6-5-11(9-13(12)20-21)18-17(22)10-7-14(23-2)16(25-4)15(8-10)24-3/h5-9H,1-4H3,(H,18,22). The van der Waals surface area contributed by atoms with Crippen molar-refractivity contribution in [2.45, 2.75) is 0 Å². The van der Waals surface area contributed by atoms with Gasteiger partial charge in [-0.2, -0.15) is 15.0 Å². The molecule has 3 rings (SSSR count). The van der Waals surface area contributed by atoms with Gasteiger partial charge in [0.2, 0.25) is 5.75 Å². The van der Waals surface area contributed by atoms with Crippen molar-refractivity contribution >= 4 is 22.6 Å². The zero-order valence-electron chi connectivity index (χ0n) is 14.4. The third kappa shape index (κ3) is 3.18. The summed E-state index contributed by atoms with van der Waals surface area (Å²) < 4.78 is 15.8. The number of aromatic nitrogens is 3. The van der Waals surface area contributed by atoms with E-state index in [1.165, 1.54) is 26.1 Å². The minimum absolute atomic E-state index is 0.303. The largest absolute Gasteiger partial charge is 0.493 e. The highest BCUT2D eigenvalue weighted by atomic mass is 16.5. The van der Waals surface area contributed by atoms with E-state index in [9.17, 15) is 4.79 Å². The lowest BCUT2D eigenvalue weighted by Crippen LogP contribution is -2.12. The molecule has 0 saturated carbocycles. The topological polar surface area (TPSA) is 87.5 Å². The van der Waals surface area contributed by atoms with Crippen LogP contribution in [0.3, 0.4) is 0 Å². The molecule has 130 valence electrons. The van der Waals surface area contributed by atoms with Gasteiger partial charge in [-0.25, -0.2) is 0 Å². The van der Waals surface area contributed by atoms with E-state index in [4.69, 9.17) is 14.2 Å². The number of amides is 1. The molecule has 0 aliphatic rings. The Morgan fingerprint density at radius 1 is 0.960 bits per heavy atom. The second kappa shape index (κ2) is 6.68. The van der Waals surface area contributed by atoms with Gasteiger partial charge in [-0.15, -0.1) is 0 Å². The van der Waals surface area contributed by atoms with Crippen LogP contribution >= 0.6 is 0 Å². The lowest BCUT2D eigenvalue weighted by atomic mass is 10.1. The van der Waals surface area contributed by atoms with Crippen molar-refractivity contribution in [1.29, 1.82) is 0 Å². The van der Waals surface area contributed by atoms with Gasteiger partial charge >= 0.3 is 0 Å². The average molecular weight is 342 g/mol. The smallest absolute Gasteiger partial charge is 0.255 e. The maximum atomic E-state index is 12.6. The van der Waals surface area contributed by atoms with Crippen LogP contribution in [0.4, 0.5) is 5.69 Å². The summed E-state index contributed by atoms with van der Waals surface area (Å²) in [5.41, 5.74) is 2.46. The lowest BCUT2D eigenvalue weighted by molar-refractivity contribution is 0.102. The van der Waals surface area contributed by atoms with Gasteiger partial charge in [0.25, 0.3) is 5.91 Å². The Balaban J connectivity index is 1.91. The van der Waals surface area contributed by atoms with Crippen molar-refractivity contribution in [2.75, 3.05) is 26.6 Å². The van der Waals surface area contributed by atoms with Gasteiger partial charge in [0, 0.05) is 18.3 Å². The molecule has 0 atom stereocenters. The highest BCUT2D eigenvalue weighted by molar-refractivity contribution is 6.05. The zero-order valence-corrected chi connectivity index (χ0v) is 14.4. The number of rotatable bonds is 5. The van der Waals surface area contributed by atoms with E-state index in [2.05, 4.69) is 15.5 Å². The maximum Gasteiger partial charge on any atom is 0.255 e. The molecule has 0 radical (unpaired) electrons. The molecule has 8 nitrogen and oxygen atoms in total. The number of hydrogen-bond donors (Lipinski definition) is 1. The van der Waals surface area contributed by atoms with Gasteiger partial charge in [-0.1, -0.05) is 0 Å². The predicted molar refractivity (Wildman–Crippen MR) is 92.6 cm³/mol. The van der Waals surface area contributed by atoms with Crippen molar-refractivity contribution in [1.82, 2.24) is 15.0 Å². The Morgan fingerprint density at radius 2 is 1.60 bits per heavy atom.